The van der Waals surface area contributed by atoms with E-state index in [9.17, 15) is 14.4 Å². The first-order valence-electron chi connectivity index (χ1n) is 16.2. The lowest BCUT2D eigenvalue weighted by Gasteiger charge is -2.30. The van der Waals surface area contributed by atoms with Gasteiger partial charge in [0.2, 0.25) is 0 Å². The maximum absolute atomic E-state index is 13.7. The van der Waals surface area contributed by atoms with Crippen LogP contribution in [0.25, 0.3) is 0 Å². The average molecular weight is 649 g/mol. The highest BCUT2D eigenvalue weighted by atomic mass is 16.5. The molecule has 0 aromatic heterocycles. The maximum Gasteiger partial charge on any atom is 0.333 e. The molecular weight excluding hydrogens is 604 g/mol. The molecular formula is C39H44N4O5. The van der Waals surface area contributed by atoms with Gasteiger partial charge in [-0.1, -0.05) is 39.8 Å². The summed E-state index contributed by atoms with van der Waals surface area (Å²) in [5, 5.41) is 0. The molecule has 2 fully saturated rings. The third-order valence-electron chi connectivity index (χ3n) is 10.5. The molecule has 2 aromatic carbocycles. The summed E-state index contributed by atoms with van der Waals surface area (Å²) in [5.41, 5.74) is 8.42. The Hall–Kier alpha value is -5.05. The zero-order valence-electron chi connectivity index (χ0n) is 29.5. The van der Waals surface area contributed by atoms with E-state index in [0.717, 1.165) is 66.3 Å². The van der Waals surface area contributed by atoms with Gasteiger partial charge in [0.05, 0.1) is 14.2 Å². The van der Waals surface area contributed by atoms with Crippen molar-refractivity contribution in [3.05, 3.63) is 106 Å². The van der Waals surface area contributed by atoms with Crippen molar-refractivity contribution in [1.82, 2.24) is 9.80 Å². The van der Waals surface area contributed by atoms with E-state index in [1.54, 1.807) is 14.2 Å². The third kappa shape index (κ3) is 4.86. The number of hydrogen-bond donors (Lipinski definition) is 0. The Morgan fingerprint density at radius 3 is 1.35 bits per heavy atom. The fraction of sp³-hybridized carbons (Fsp3) is 0.359. The van der Waals surface area contributed by atoms with Gasteiger partial charge in [0.1, 0.15) is 17.1 Å². The number of imide groups is 2. The number of ether oxygens (including phenoxy) is 2. The number of nitrogens with zero attached hydrogens (tertiary/aromatic N) is 4. The monoisotopic (exact) mass is 648 g/mol. The predicted molar refractivity (Wildman–Crippen MR) is 188 cm³/mol. The molecule has 0 atom stereocenters. The first-order chi connectivity index (χ1) is 22.6. The molecule has 0 N–H and O–H groups in total. The number of barbiturate groups is 1. The van der Waals surface area contributed by atoms with E-state index in [4.69, 9.17) is 9.47 Å². The standard InChI is InChI=1S/C39H44N4O5/c1-38(2)27-21-25(47-9)15-17-29(27)40(5)31(38)19-13-23-11-12-24(33(23)34-35(44)42(7)37(46)43(8)36(34)45)14-20-32-39(3,4)28-22-26(48-10)16-18-30(28)41(32)6/h13-22H,11-12H2,1-10H3/b23-13+,24-14+,31-19+,32-20+. The molecule has 1 aliphatic carbocycles. The Kier molecular flexibility index (Phi) is 7.93. The van der Waals surface area contributed by atoms with E-state index >= 15 is 0 Å². The van der Waals surface area contributed by atoms with Crippen molar-refractivity contribution in [1.29, 1.82) is 0 Å². The number of carbonyl (C=O) groups excluding carboxylic acids is 3. The Balaban J connectivity index is 1.48. The summed E-state index contributed by atoms with van der Waals surface area (Å²) in [6, 6.07) is 11.6. The lowest BCUT2D eigenvalue weighted by molar-refractivity contribution is -0.134. The van der Waals surface area contributed by atoms with Gasteiger partial charge in [0.15, 0.2) is 0 Å². The minimum absolute atomic E-state index is 0.0190. The number of hydrogen-bond acceptors (Lipinski definition) is 7. The molecule has 1 saturated heterocycles. The second-order valence-electron chi connectivity index (χ2n) is 13.9. The summed E-state index contributed by atoms with van der Waals surface area (Å²) >= 11 is 0. The number of fused-ring (bicyclic) bond motifs is 2. The van der Waals surface area contributed by atoms with Crippen LogP contribution in [0.5, 0.6) is 11.5 Å². The van der Waals surface area contributed by atoms with E-state index in [0.29, 0.717) is 18.4 Å². The van der Waals surface area contributed by atoms with Gasteiger partial charge in [-0.2, -0.15) is 0 Å². The molecule has 3 heterocycles. The molecule has 250 valence electrons. The van der Waals surface area contributed by atoms with Crippen molar-refractivity contribution in [2.75, 3.05) is 52.2 Å². The van der Waals surface area contributed by atoms with Gasteiger partial charge in [0, 0.05) is 61.8 Å². The van der Waals surface area contributed by atoms with Gasteiger partial charge in [-0.05, 0) is 89.2 Å². The normalized spacial score (nSPS) is 23.4. The fourth-order valence-electron chi connectivity index (χ4n) is 7.66. The van der Waals surface area contributed by atoms with Crippen LogP contribution >= 0.6 is 0 Å². The molecule has 9 heteroatoms. The Morgan fingerprint density at radius 1 is 0.583 bits per heavy atom. The molecule has 4 aliphatic rings. The van der Waals surface area contributed by atoms with Crippen LogP contribution in [-0.2, 0) is 20.4 Å². The lowest BCUT2D eigenvalue weighted by atomic mass is 9.83. The number of benzene rings is 2. The largest absolute Gasteiger partial charge is 0.497 e. The van der Waals surface area contributed by atoms with Crippen LogP contribution in [0.3, 0.4) is 0 Å². The number of anilines is 2. The summed E-state index contributed by atoms with van der Waals surface area (Å²) in [5.74, 6) is 0.425. The number of urea groups is 1. The smallest absolute Gasteiger partial charge is 0.333 e. The van der Waals surface area contributed by atoms with Crippen LogP contribution in [0.1, 0.15) is 51.7 Å². The molecule has 4 amide bonds. The zero-order valence-corrected chi connectivity index (χ0v) is 29.5. The molecule has 1 saturated carbocycles. The second-order valence-corrected chi connectivity index (χ2v) is 13.9. The minimum atomic E-state index is -0.641. The zero-order chi connectivity index (χ0) is 34.9. The van der Waals surface area contributed by atoms with E-state index in [1.807, 2.05) is 38.4 Å². The Bertz CT molecular complexity index is 1790. The highest BCUT2D eigenvalue weighted by Crippen LogP contribution is 2.50. The molecule has 6 rings (SSSR count). The SMILES string of the molecule is COc1ccc2c(c1)C(C)(C)/C(=C\C=C1/CC/C(=C\C=C3\N(C)c4ccc(OC)cc4C3(C)C)C1=C1C(=O)N(C)C(=O)N(C)C1=O)N2C. The van der Waals surface area contributed by atoms with Crippen LogP contribution in [0.2, 0.25) is 0 Å². The minimum Gasteiger partial charge on any atom is -0.497 e. The molecule has 9 nitrogen and oxygen atoms in total. The first kappa shape index (κ1) is 32.9. The number of amides is 4. The summed E-state index contributed by atoms with van der Waals surface area (Å²) in [7, 11) is 10.3. The summed E-state index contributed by atoms with van der Waals surface area (Å²) in [6.07, 6.45) is 9.55. The molecule has 0 spiro atoms. The quantitative estimate of drug-likeness (QED) is 0.272. The molecule has 0 radical (unpaired) electrons. The highest BCUT2D eigenvalue weighted by molar-refractivity contribution is 6.29. The predicted octanol–water partition coefficient (Wildman–Crippen LogP) is 6.62. The van der Waals surface area contributed by atoms with Crippen LogP contribution < -0.4 is 19.3 Å². The number of carbonyl (C=O) groups is 3. The topological polar surface area (TPSA) is 82.6 Å². The van der Waals surface area contributed by atoms with Crippen LogP contribution in [0.15, 0.2) is 94.4 Å². The highest BCUT2D eigenvalue weighted by Gasteiger charge is 2.43. The number of methoxy groups -OCH3 is 2. The summed E-state index contributed by atoms with van der Waals surface area (Å²) in [6.45, 7) is 8.73. The van der Waals surface area contributed by atoms with E-state index in [2.05, 4.69) is 73.9 Å². The van der Waals surface area contributed by atoms with Crippen molar-refractivity contribution in [2.24, 2.45) is 0 Å². The summed E-state index contributed by atoms with van der Waals surface area (Å²) in [4.78, 5) is 46.5. The molecule has 0 unspecified atom stereocenters. The van der Waals surface area contributed by atoms with Crippen molar-refractivity contribution in [3.63, 3.8) is 0 Å². The maximum atomic E-state index is 13.7. The molecule has 0 bridgehead atoms. The van der Waals surface area contributed by atoms with E-state index in [1.165, 1.54) is 14.1 Å². The van der Waals surface area contributed by atoms with Crippen molar-refractivity contribution in [2.45, 2.75) is 51.4 Å². The van der Waals surface area contributed by atoms with Crippen molar-refractivity contribution < 1.29 is 23.9 Å². The Morgan fingerprint density at radius 2 is 0.979 bits per heavy atom. The van der Waals surface area contributed by atoms with Gasteiger partial charge in [0.25, 0.3) is 11.8 Å². The van der Waals surface area contributed by atoms with Gasteiger partial charge in [-0.25, -0.2) is 4.79 Å². The summed E-state index contributed by atoms with van der Waals surface area (Å²) < 4.78 is 11.0. The second kappa shape index (κ2) is 11.6. The average Bonchev–Trinajstić information content (AvgIpc) is 3.61. The molecule has 3 aliphatic heterocycles. The third-order valence-corrected chi connectivity index (χ3v) is 10.5. The lowest BCUT2D eigenvalue weighted by Crippen LogP contribution is -2.53. The number of likely N-dealkylation sites (N-methyl/N-ethyl adjacent to an activating group) is 4. The Labute approximate surface area is 283 Å². The number of allylic oxidation sites excluding steroid dienone is 9. The van der Waals surface area contributed by atoms with Gasteiger partial charge < -0.3 is 19.3 Å². The first-order valence-corrected chi connectivity index (χ1v) is 16.2. The van der Waals surface area contributed by atoms with E-state index in [-0.39, 0.29) is 16.4 Å². The van der Waals surface area contributed by atoms with Crippen LogP contribution in [0.4, 0.5) is 16.2 Å². The fourth-order valence-corrected chi connectivity index (χ4v) is 7.66. The molecule has 2 aromatic rings. The van der Waals surface area contributed by atoms with E-state index < -0.39 is 17.8 Å². The van der Waals surface area contributed by atoms with Crippen molar-refractivity contribution >= 4 is 29.2 Å². The van der Waals surface area contributed by atoms with Gasteiger partial charge >= 0.3 is 6.03 Å². The number of rotatable bonds is 4. The van der Waals surface area contributed by atoms with Gasteiger partial charge in [-0.15, -0.1) is 0 Å². The van der Waals surface area contributed by atoms with Crippen LogP contribution in [0, 0.1) is 0 Å². The molecule has 48 heavy (non-hydrogen) atoms. The van der Waals surface area contributed by atoms with Gasteiger partial charge in [-0.3, -0.25) is 19.4 Å². The van der Waals surface area contributed by atoms with Crippen molar-refractivity contribution in [3.8, 4) is 11.5 Å². The van der Waals surface area contributed by atoms with Crippen LogP contribution in [-0.4, -0.2) is 70.1 Å².